The van der Waals surface area contributed by atoms with Gasteiger partial charge in [0.1, 0.15) is 11.6 Å². The molecule has 0 aliphatic heterocycles. The lowest BCUT2D eigenvalue weighted by Crippen LogP contribution is -2.13. The second-order valence-corrected chi connectivity index (χ2v) is 3.99. The van der Waals surface area contributed by atoms with Crippen LogP contribution in [0.1, 0.15) is 17.5 Å². The first-order valence-corrected chi connectivity index (χ1v) is 5.81. The lowest BCUT2D eigenvalue weighted by molar-refractivity contribution is -0.137. The van der Waals surface area contributed by atoms with Crippen molar-refractivity contribution in [3.05, 3.63) is 29.3 Å². The van der Waals surface area contributed by atoms with Gasteiger partial charge in [-0.25, -0.2) is 0 Å². The average molecular weight is 319 g/mol. The van der Waals surface area contributed by atoms with Crippen molar-refractivity contribution in [2.45, 2.75) is 12.6 Å². The van der Waals surface area contributed by atoms with Gasteiger partial charge < -0.3 is 5.32 Å². The Bertz CT molecular complexity index is 494. The summed E-state index contributed by atoms with van der Waals surface area (Å²) in [6.45, 7) is 0. The van der Waals surface area contributed by atoms with Crippen molar-refractivity contribution in [1.82, 2.24) is 0 Å². The summed E-state index contributed by atoms with van der Waals surface area (Å²) in [5.41, 5.74) is -1.95. The Morgan fingerprint density at radius 1 is 1.50 bits per heavy atom. The Morgan fingerprint density at radius 2 is 2.17 bits per heavy atom. The maximum Gasteiger partial charge on any atom is 0.418 e. The maximum atomic E-state index is 12.6. The van der Waals surface area contributed by atoms with Gasteiger partial charge in [-0.2, -0.15) is 18.4 Å². The Morgan fingerprint density at radius 3 is 2.67 bits per heavy atom. The predicted molar refractivity (Wildman–Crippen MR) is 60.9 cm³/mol. The number of amides is 1. The van der Waals surface area contributed by atoms with Crippen molar-refractivity contribution >= 4 is 27.5 Å². The van der Waals surface area contributed by atoms with Crippen LogP contribution in [0.5, 0.6) is 0 Å². The number of halogens is 4. The fraction of sp³-hybridized carbons (Fsp3) is 0.273. The fourth-order valence-corrected chi connectivity index (χ4v) is 1.49. The summed E-state index contributed by atoms with van der Waals surface area (Å²) in [5.74, 6) is -0.450. The molecule has 0 radical (unpaired) electrons. The molecule has 0 atom stereocenters. The molecule has 1 rings (SSSR count). The molecular weight excluding hydrogens is 313 g/mol. The molecule has 0 unspecified atom stereocenters. The van der Waals surface area contributed by atoms with Gasteiger partial charge in [0, 0.05) is 11.8 Å². The molecule has 0 bridgehead atoms. The molecular formula is C11H6BrF3N2O. The summed E-state index contributed by atoms with van der Waals surface area (Å²) in [7, 11) is 0. The zero-order valence-electron chi connectivity index (χ0n) is 8.86. The summed E-state index contributed by atoms with van der Waals surface area (Å²) in [6, 6.07) is 6.42. The average Bonchev–Trinajstić information content (AvgIpc) is 2.28. The van der Waals surface area contributed by atoms with E-state index >= 15 is 0 Å². The van der Waals surface area contributed by atoms with Gasteiger partial charge in [-0.15, -0.1) is 0 Å². The molecule has 0 spiro atoms. The summed E-state index contributed by atoms with van der Waals surface area (Å²) in [6.07, 6.45) is -4.55. The van der Waals surface area contributed by atoms with E-state index in [4.69, 9.17) is 5.26 Å². The number of anilines is 1. The Labute approximate surface area is 110 Å². The second-order valence-electron chi connectivity index (χ2n) is 3.19. The van der Waals surface area contributed by atoms with E-state index in [1.165, 1.54) is 6.07 Å². The highest BCUT2D eigenvalue weighted by molar-refractivity contribution is 9.09. The smallest absolute Gasteiger partial charge is 0.319 e. The molecule has 1 N–H and O–H groups in total. The van der Waals surface area contributed by atoms with Crippen molar-refractivity contribution in [2.24, 2.45) is 0 Å². The monoisotopic (exact) mass is 318 g/mol. The third-order valence-corrected chi connectivity index (χ3v) is 2.29. The second kappa shape index (κ2) is 5.74. The van der Waals surface area contributed by atoms with Crippen LogP contribution in [0, 0.1) is 23.5 Å². The SMILES string of the molecule is N#Cc1c#cc(NC(=O)CCBr)cc1C(F)(F)F. The molecule has 0 saturated heterocycles. The van der Waals surface area contributed by atoms with E-state index in [1.807, 2.05) is 0 Å². The van der Waals surface area contributed by atoms with Gasteiger partial charge in [0.15, 0.2) is 0 Å². The normalized spacial score (nSPS) is 10.4. The van der Waals surface area contributed by atoms with Crippen LogP contribution in [0.4, 0.5) is 18.9 Å². The highest BCUT2D eigenvalue weighted by Gasteiger charge is 2.34. The predicted octanol–water partition coefficient (Wildman–Crippen LogP) is 2.90. The molecule has 1 aromatic carbocycles. The lowest BCUT2D eigenvalue weighted by atomic mass is 10.1. The number of rotatable bonds is 3. The molecule has 0 fully saturated rings. The molecule has 3 nitrogen and oxygen atoms in total. The first-order chi connectivity index (χ1) is 8.38. The third-order valence-electron chi connectivity index (χ3n) is 1.89. The van der Waals surface area contributed by atoms with Gasteiger partial charge in [-0.3, -0.25) is 4.79 Å². The van der Waals surface area contributed by atoms with E-state index in [1.54, 1.807) is 0 Å². The van der Waals surface area contributed by atoms with Crippen LogP contribution in [0.3, 0.4) is 0 Å². The van der Waals surface area contributed by atoms with Crippen molar-refractivity contribution in [2.75, 3.05) is 10.6 Å². The molecule has 7 heteroatoms. The summed E-state index contributed by atoms with van der Waals surface area (Å²) >= 11 is 3.03. The van der Waals surface area contributed by atoms with Gasteiger partial charge in [0.25, 0.3) is 0 Å². The molecule has 94 valence electrons. The molecule has 18 heavy (non-hydrogen) atoms. The van der Waals surface area contributed by atoms with Gasteiger partial charge >= 0.3 is 6.18 Å². The van der Waals surface area contributed by atoms with E-state index in [0.29, 0.717) is 11.4 Å². The van der Waals surface area contributed by atoms with Crippen LogP contribution in [-0.4, -0.2) is 11.2 Å². The largest absolute Gasteiger partial charge is 0.418 e. The van der Waals surface area contributed by atoms with Gasteiger partial charge in [-0.05, 0) is 18.2 Å². The maximum absolute atomic E-state index is 12.6. The number of carbonyl (C=O) groups is 1. The van der Waals surface area contributed by atoms with E-state index in [9.17, 15) is 18.0 Å². The zero-order chi connectivity index (χ0) is 13.8. The number of hydrogen-bond donors (Lipinski definition) is 1. The number of alkyl halides is 4. The first-order valence-electron chi connectivity index (χ1n) is 4.69. The molecule has 0 aliphatic carbocycles. The number of carbonyl (C=O) groups excluding carboxylic acids is 1. The molecule has 1 amide bonds. The highest BCUT2D eigenvalue weighted by Crippen LogP contribution is 2.32. The van der Waals surface area contributed by atoms with Gasteiger partial charge in [-0.1, -0.05) is 15.9 Å². The Balaban J connectivity index is 3.05. The topological polar surface area (TPSA) is 52.9 Å². The molecule has 1 aromatic rings. The number of nitrogens with one attached hydrogen (secondary N) is 1. The number of nitriles is 1. The van der Waals surface area contributed by atoms with Crippen LogP contribution in [-0.2, 0) is 11.0 Å². The minimum absolute atomic E-state index is 0.120. The standard InChI is InChI=1S/C11H6BrF3N2O/c12-4-3-10(18)17-8-2-1-7(6-16)9(5-8)11(13,14)15/h5H,3-4H2,(H,17,18). The molecule has 0 saturated carbocycles. The van der Waals surface area contributed by atoms with E-state index < -0.39 is 23.2 Å². The summed E-state index contributed by atoms with van der Waals surface area (Å²) in [4.78, 5) is 11.2. The summed E-state index contributed by atoms with van der Waals surface area (Å²) in [5, 5.41) is 11.2. The third kappa shape index (κ3) is 3.64. The Hall–Kier alpha value is -1.73. The lowest BCUT2D eigenvalue weighted by Gasteiger charge is -2.08. The van der Waals surface area contributed by atoms with Crippen LogP contribution in [0.25, 0.3) is 0 Å². The number of nitrogens with zero attached hydrogens (tertiary/aromatic N) is 1. The van der Waals surface area contributed by atoms with Crippen LogP contribution < -0.4 is 5.32 Å². The van der Waals surface area contributed by atoms with Crippen LogP contribution >= 0.6 is 15.9 Å². The first kappa shape index (κ1) is 14.3. The van der Waals surface area contributed by atoms with Gasteiger partial charge in [0.2, 0.25) is 5.91 Å². The van der Waals surface area contributed by atoms with Gasteiger partial charge in [0.05, 0.1) is 11.3 Å². The summed E-state index contributed by atoms with van der Waals surface area (Å²) < 4.78 is 37.8. The van der Waals surface area contributed by atoms with Crippen molar-refractivity contribution in [3.8, 4) is 6.07 Å². The van der Waals surface area contributed by atoms with Crippen molar-refractivity contribution in [3.63, 3.8) is 0 Å². The number of hydrogen-bond acceptors (Lipinski definition) is 2. The quantitative estimate of drug-likeness (QED) is 0.871. The minimum Gasteiger partial charge on any atom is -0.319 e. The van der Waals surface area contributed by atoms with Crippen LogP contribution in [0.2, 0.25) is 0 Å². The Kier molecular flexibility index (Phi) is 4.57. The van der Waals surface area contributed by atoms with Crippen LogP contribution in [0.15, 0.2) is 6.07 Å². The highest BCUT2D eigenvalue weighted by atomic mass is 79.9. The minimum atomic E-state index is -4.68. The molecule has 0 aromatic heterocycles. The molecule has 0 aliphatic rings. The van der Waals surface area contributed by atoms with E-state index in [2.05, 4.69) is 33.4 Å². The zero-order valence-corrected chi connectivity index (χ0v) is 10.4. The van der Waals surface area contributed by atoms with Crippen molar-refractivity contribution in [1.29, 1.82) is 5.26 Å². The molecule has 0 heterocycles. The fourth-order valence-electron chi connectivity index (χ4n) is 1.13. The van der Waals surface area contributed by atoms with E-state index in [-0.39, 0.29) is 12.1 Å². The van der Waals surface area contributed by atoms with Crippen molar-refractivity contribution < 1.29 is 18.0 Å². The van der Waals surface area contributed by atoms with E-state index in [0.717, 1.165) is 0 Å².